The van der Waals surface area contributed by atoms with Gasteiger partial charge in [0, 0.05) is 11.1 Å². The van der Waals surface area contributed by atoms with Crippen LogP contribution in [0.25, 0.3) is 0 Å². The van der Waals surface area contributed by atoms with Gasteiger partial charge in [0.1, 0.15) is 0 Å². The molecule has 0 nitrogen and oxygen atoms in total. The zero-order chi connectivity index (χ0) is 28.5. The molecular formula is C17HF19. The van der Waals surface area contributed by atoms with Crippen molar-refractivity contribution in [2.75, 3.05) is 0 Å². The topological polar surface area (TPSA) is 0 Å². The average Bonchev–Trinajstić information content (AvgIpc) is 2.76. The van der Waals surface area contributed by atoms with E-state index in [9.17, 15) is 83.4 Å². The third-order valence-electron chi connectivity index (χ3n) is 4.60. The van der Waals surface area contributed by atoms with Gasteiger partial charge in [-0.2, -0.15) is 39.5 Å². The van der Waals surface area contributed by atoms with Crippen LogP contribution in [-0.4, -0.2) is 23.9 Å². The molecule has 0 radical (unpaired) electrons. The van der Waals surface area contributed by atoms with E-state index in [-0.39, 0.29) is 0 Å². The van der Waals surface area contributed by atoms with Crippen LogP contribution < -0.4 is 0 Å². The van der Waals surface area contributed by atoms with Crippen molar-refractivity contribution in [1.29, 1.82) is 0 Å². The Morgan fingerprint density at radius 2 is 0.556 bits per heavy atom. The van der Waals surface area contributed by atoms with Crippen molar-refractivity contribution >= 4 is 0 Å². The first kappa shape index (κ1) is 29.3. The van der Waals surface area contributed by atoms with Crippen molar-refractivity contribution in [3.05, 3.63) is 69.3 Å². The molecule has 0 saturated carbocycles. The van der Waals surface area contributed by atoms with Gasteiger partial charge in [0.25, 0.3) is 0 Å². The molecule has 0 atom stereocenters. The molecule has 0 saturated heterocycles. The summed E-state index contributed by atoms with van der Waals surface area (Å²) < 4.78 is 258. The maximum atomic E-state index is 14.6. The molecular weight excluding hydrogens is 565 g/mol. The van der Waals surface area contributed by atoms with Crippen LogP contribution in [0.5, 0.6) is 0 Å². The second-order valence-electron chi connectivity index (χ2n) is 6.67. The lowest BCUT2D eigenvalue weighted by Gasteiger charge is -2.38. The first-order valence-corrected chi connectivity index (χ1v) is 8.21. The van der Waals surface area contributed by atoms with E-state index in [1.807, 2.05) is 0 Å². The third kappa shape index (κ3) is 3.80. The summed E-state index contributed by atoms with van der Waals surface area (Å²) in [5.74, 6) is -64.6. The number of hydrogen-bond donors (Lipinski definition) is 0. The standard InChI is InChI=1S/C17HF19/c18-4-1(5(19)9(23)12(26)8(4)22)3(2-6(20)10(24)13(27)11(25)7(2)21)14(28,29)15(30,31)16(32,33)17(34,35)36/h3H. The van der Waals surface area contributed by atoms with E-state index in [1.165, 1.54) is 0 Å². The van der Waals surface area contributed by atoms with Crippen LogP contribution in [0.3, 0.4) is 0 Å². The summed E-state index contributed by atoms with van der Waals surface area (Å²) in [6.45, 7) is 0. The zero-order valence-corrected chi connectivity index (χ0v) is 15.8. The van der Waals surface area contributed by atoms with Crippen molar-refractivity contribution in [1.82, 2.24) is 0 Å². The molecule has 2 aromatic carbocycles. The third-order valence-corrected chi connectivity index (χ3v) is 4.60. The van der Waals surface area contributed by atoms with Gasteiger partial charge in [-0.15, -0.1) is 0 Å². The summed E-state index contributed by atoms with van der Waals surface area (Å²) in [5.41, 5.74) is -7.26. The quantitative estimate of drug-likeness (QED) is 0.198. The summed E-state index contributed by atoms with van der Waals surface area (Å²) in [7, 11) is 0. The molecule has 0 N–H and O–H groups in total. The predicted molar refractivity (Wildman–Crippen MR) is 75.2 cm³/mol. The van der Waals surface area contributed by atoms with E-state index >= 15 is 0 Å². The smallest absolute Gasteiger partial charge is 0.203 e. The summed E-state index contributed by atoms with van der Waals surface area (Å²) in [4.78, 5) is 0. The van der Waals surface area contributed by atoms with Gasteiger partial charge >= 0.3 is 23.9 Å². The van der Waals surface area contributed by atoms with E-state index in [4.69, 9.17) is 0 Å². The first-order valence-electron chi connectivity index (χ1n) is 8.21. The van der Waals surface area contributed by atoms with Crippen LogP contribution in [0.2, 0.25) is 0 Å². The van der Waals surface area contributed by atoms with Crippen LogP contribution in [0.1, 0.15) is 17.0 Å². The van der Waals surface area contributed by atoms with Gasteiger partial charge in [0.05, 0.1) is 5.92 Å². The number of rotatable bonds is 5. The van der Waals surface area contributed by atoms with E-state index in [1.54, 1.807) is 0 Å². The highest BCUT2D eigenvalue weighted by molar-refractivity contribution is 5.42. The van der Waals surface area contributed by atoms with Crippen molar-refractivity contribution in [2.45, 2.75) is 29.9 Å². The fraction of sp³-hybridized carbons (Fsp3) is 0.294. The minimum Gasteiger partial charge on any atom is -0.203 e. The minimum atomic E-state index is -8.09. The van der Waals surface area contributed by atoms with Crippen molar-refractivity contribution in [3.8, 4) is 0 Å². The van der Waals surface area contributed by atoms with Crippen molar-refractivity contribution in [3.63, 3.8) is 0 Å². The Bertz CT molecular complexity index is 1080. The van der Waals surface area contributed by atoms with Crippen LogP contribution in [0.4, 0.5) is 83.4 Å². The van der Waals surface area contributed by atoms with E-state index in [0.717, 1.165) is 0 Å². The Labute approximate surface area is 183 Å². The Hall–Kier alpha value is -2.89. The number of benzene rings is 2. The maximum Gasteiger partial charge on any atom is 0.460 e. The largest absolute Gasteiger partial charge is 0.460 e. The molecule has 2 aromatic rings. The maximum absolute atomic E-state index is 14.6. The highest BCUT2D eigenvalue weighted by atomic mass is 19.4. The SMILES string of the molecule is Fc1c(F)c(F)c(C(c2c(F)c(F)c(F)c(F)c2F)C(F)(F)C(F)(F)C(F)(F)C(F)(F)F)c(F)c1F. The molecule has 0 bridgehead atoms. The Kier molecular flexibility index (Phi) is 7.01. The van der Waals surface area contributed by atoms with Crippen LogP contribution in [0.15, 0.2) is 0 Å². The van der Waals surface area contributed by atoms with Gasteiger partial charge < -0.3 is 0 Å². The molecule has 36 heavy (non-hydrogen) atoms. The summed E-state index contributed by atoms with van der Waals surface area (Å²) in [6.07, 6.45) is -7.68. The molecule has 2 rings (SSSR count). The van der Waals surface area contributed by atoms with Crippen molar-refractivity contribution in [2.24, 2.45) is 0 Å². The van der Waals surface area contributed by atoms with Crippen LogP contribution in [-0.2, 0) is 0 Å². The number of halogens is 19. The summed E-state index contributed by atoms with van der Waals surface area (Å²) in [6, 6.07) is 0. The van der Waals surface area contributed by atoms with E-state index < -0.39 is 99.2 Å². The number of hydrogen-bond acceptors (Lipinski definition) is 0. The number of alkyl halides is 9. The molecule has 0 fully saturated rings. The monoisotopic (exact) mass is 566 g/mol. The normalized spacial score (nSPS) is 13.7. The van der Waals surface area contributed by atoms with Gasteiger partial charge in [-0.25, -0.2) is 43.9 Å². The fourth-order valence-electron chi connectivity index (χ4n) is 2.83. The van der Waals surface area contributed by atoms with Crippen LogP contribution in [0, 0.1) is 58.2 Å². The molecule has 19 heteroatoms. The molecule has 0 heterocycles. The fourth-order valence-corrected chi connectivity index (χ4v) is 2.83. The van der Waals surface area contributed by atoms with E-state index in [0.29, 0.717) is 0 Å². The summed E-state index contributed by atoms with van der Waals surface area (Å²) in [5, 5.41) is 0. The molecule has 0 aliphatic carbocycles. The minimum absolute atomic E-state index is 3.29. The highest BCUT2D eigenvalue weighted by Crippen LogP contribution is 2.59. The van der Waals surface area contributed by atoms with Gasteiger partial charge in [0.15, 0.2) is 46.5 Å². The van der Waals surface area contributed by atoms with Gasteiger partial charge in [-0.05, 0) is 0 Å². The van der Waals surface area contributed by atoms with Crippen molar-refractivity contribution < 1.29 is 83.4 Å². The van der Waals surface area contributed by atoms with Gasteiger partial charge in [-0.1, -0.05) is 0 Å². The van der Waals surface area contributed by atoms with Gasteiger partial charge in [-0.3, -0.25) is 0 Å². The Morgan fingerprint density at radius 1 is 0.333 bits per heavy atom. The highest BCUT2D eigenvalue weighted by Gasteiger charge is 2.83. The molecule has 0 spiro atoms. The second kappa shape index (κ2) is 8.60. The average molecular weight is 566 g/mol. The first-order chi connectivity index (χ1) is 16.0. The Morgan fingerprint density at radius 3 is 0.778 bits per heavy atom. The molecule has 0 aliphatic heterocycles. The molecule has 0 unspecified atom stereocenters. The second-order valence-corrected chi connectivity index (χ2v) is 6.67. The molecule has 202 valence electrons. The molecule has 0 aliphatic rings. The molecule has 0 amide bonds. The van der Waals surface area contributed by atoms with Crippen LogP contribution >= 0.6 is 0 Å². The Balaban J connectivity index is 3.22. The van der Waals surface area contributed by atoms with E-state index in [2.05, 4.69) is 0 Å². The summed E-state index contributed by atoms with van der Waals surface area (Å²) >= 11 is 0. The molecule has 0 aromatic heterocycles. The lowest BCUT2D eigenvalue weighted by Crippen LogP contribution is -2.63. The predicted octanol–water partition coefficient (Wildman–Crippen LogP) is 7.68. The lowest BCUT2D eigenvalue weighted by atomic mass is 9.79. The lowest BCUT2D eigenvalue weighted by molar-refractivity contribution is -0.398. The van der Waals surface area contributed by atoms with Gasteiger partial charge in [0.2, 0.25) is 11.6 Å². The zero-order valence-electron chi connectivity index (χ0n) is 15.8.